The molecule has 0 bridgehead atoms. The van der Waals surface area contributed by atoms with Crippen LogP contribution in [0.3, 0.4) is 0 Å². The number of nitrogens with one attached hydrogen (secondary N) is 1. The van der Waals surface area contributed by atoms with E-state index in [9.17, 15) is 4.79 Å². The summed E-state index contributed by atoms with van der Waals surface area (Å²) >= 11 is 6.32. The molecule has 0 spiro atoms. The van der Waals surface area contributed by atoms with Gasteiger partial charge in [0, 0.05) is 30.0 Å². The lowest BCUT2D eigenvalue weighted by atomic mass is 10.0. The number of benzene rings is 2. The smallest absolute Gasteiger partial charge is 0.257 e. The highest BCUT2D eigenvalue weighted by Crippen LogP contribution is 2.29. The van der Waals surface area contributed by atoms with Crippen LogP contribution in [0.1, 0.15) is 22.0 Å². The van der Waals surface area contributed by atoms with E-state index in [1.54, 1.807) is 7.11 Å². The minimum Gasteiger partial charge on any atom is -0.497 e. The average molecular weight is 371 g/mol. The number of rotatable bonds is 3. The second-order valence-electron chi connectivity index (χ2n) is 6.29. The van der Waals surface area contributed by atoms with Gasteiger partial charge < -0.3 is 19.4 Å². The Hall–Kier alpha value is -2.50. The van der Waals surface area contributed by atoms with Crippen LogP contribution in [-0.4, -0.2) is 37.6 Å². The zero-order valence-electron chi connectivity index (χ0n) is 14.4. The van der Waals surface area contributed by atoms with Crippen LogP contribution in [-0.2, 0) is 0 Å². The van der Waals surface area contributed by atoms with Gasteiger partial charge in [-0.25, -0.2) is 0 Å². The van der Waals surface area contributed by atoms with Crippen molar-refractivity contribution in [3.63, 3.8) is 0 Å². The van der Waals surface area contributed by atoms with Crippen molar-refractivity contribution in [1.29, 1.82) is 0 Å². The largest absolute Gasteiger partial charge is 0.497 e. The molecule has 1 saturated heterocycles. The van der Waals surface area contributed by atoms with Crippen molar-refractivity contribution in [2.24, 2.45) is 0 Å². The number of furan rings is 1. The van der Waals surface area contributed by atoms with Crippen LogP contribution in [0.5, 0.6) is 5.75 Å². The van der Waals surface area contributed by atoms with Crippen molar-refractivity contribution in [2.45, 2.75) is 6.04 Å². The normalized spacial score (nSPS) is 17.5. The van der Waals surface area contributed by atoms with Gasteiger partial charge in [-0.15, -0.1) is 0 Å². The predicted octanol–water partition coefficient (Wildman–Crippen LogP) is 3.88. The van der Waals surface area contributed by atoms with Crippen LogP contribution in [0.25, 0.3) is 11.0 Å². The molecule has 0 saturated carbocycles. The van der Waals surface area contributed by atoms with E-state index in [2.05, 4.69) is 5.32 Å². The molecule has 26 heavy (non-hydrogen) atoms. The van der Waals surface area contributed by atoms with Crippen LogP contribution in [0.15, 0.2) is 53.1 Å². The lowest BCUT2D eigenvalue weighted by Gasteiger charge is -2.34. The van der Waals surface area contributed by atoms with Gasteiger partial charge in [0.2, 0.25) is 0 Å². The Bertz CT molecular complexity index is 953. The van der Waals surface area contributed by atoms with Gasteiger partial charge >= 0.3 is 0 Å². The standard InChI is InChI=1S/C20H19ClN2O3/c1-25-13-6-7-19-15(10-13)16(12-26-19)20(24)23-9-8-22-18(11-23)14-4-2-3-5-17(14)21/h2-7,10,12,18,22H,8-9,11H2,1H3. The average Bonchev–Trinajstić information content (AvgIpc) is 3.11. The van der Waals surface area contributed by atoms with E-state index in [0.29, 0.717) is 41.6 Å². The molecule has 1 unspecified atom stereocenters. The molecule has 1 aliphatic heterocycles. The fraction of sp³-hybridized carbons (Fsp3) is 0.250. The highest BCUT2D eigenvalue weighted by Gasteiger charge is 2.28. The molecule has 5 nitrogen and oxygen atoms in total. The van der Waals surface area contributed by atoms with Crippen molar-refractivity contribution >= 4 is 28.5 Å². The first-order valence-electron chi connectivity index (χ1n) is 8.49. The molecule has 1 amide bonds. The van der Waals surface area contributed by atoms with Crippen LogP contribution in [0.2, 0.25) is 5.02 Å². The van der Waals surface area contributed by atoms with E-state index >= 15 is 0 Å². The van der Waals surface area contributed by atoms with Crippen molar-refractivity contribution in [1.82, 2.24) is 10.2 Å². The summed E-state index contributed by atoms with van der Waals surface area (Å²) in [7, 11) is 1.60. The van der Waals surface area contributed by atoms with Gasteiger partial charge in [0.1, 0.15) is 17.6 Å². The summed E-state index contributed by atoms with van der Waals surface area (Å²) < 4.78 is 10.8. The monoisotopic (exact) mass is 370 g/mol. The van der Waals surface area contributed by atoms with Gasteiger partial charge in [0.25, 0.3) is 5.91 Å². The molecule has 2 aromatic carbocycles. The first-order chi connectivity index (χ1) is 12.7. The number of ether oxygens (including phenoxy) is 1. The summed E-state index contributed by atoms with van der Waals surface area (Å²) in [6.07, 6.45) is 1.53. The molecular weight excluding hydrogens is 352 g/mol. The van der Waals surface area contributed by atoms with Crippen molar-refractivity contribution in [3.8, 4) is 5.75 Å². The molecule has 134 valence electrons. The van der Waals surface area contributed by atoms with Gasteiger partial charge in [-0.1, -0.05) is 29.8 Å². The number of hydrogen-bond acceptors (Lipinski definition) is 4. The molecule has 0 aliphatic carbocycles. The molecular formula is C20H19ClN2O3. The van der Waals surface area contributed by atoms with Gasteiger partial charge in [0.05, 0.1) is 18.7 Å². The molecule has 6 heteroatoms. The summed E-state index contributed by atoms with van der Waals surface area (Å²) in [5.41, 5.74) is 2.23. The lowest BCUT2D eigenvalue weighted by molar-refractivity contribution is 0.0704. The van der Waals surface area contributed by atoms with E-state index in [4.69, 9.17) is 20.8 Å². The molecule has 0 radical (unpaired) electrons. The number of piperazine rings is 1. The van der Waals surface area contributed by atoms with Crippen molar-refractivity contribution < 1.29 is 13.9 Å². The topological polar surface area (TPSA) is 54.7 Å². The molecule has 3 aromatic rings. The third kappa shape index (κ3) is 3.04. The second-order valence-corrected chi connectivity index (χ2v) is 6.70. The number of methoxy groups -OCH3 is 1. The Morgan fingerprint density at radius 1 is 1.31 bits per heavy atom. The molecule has 1 fully saturated rings. The number of hydrogen-bond donors (Lipinski definition) is 1. The fourth-order valence-electron chi connectivity index (χ4n) is 3.37. The SMILES string of the molecule is COc1ccc2occ(C(=O)N3CCNC(c4ccccc4Cl)C3)c2c1. The van der Waals surface area contributed by atoms with E-state index in [0.717, 1.165) is 10.9 Å². The summed E-state index contributed by atoms with van der Waals surface area (Å²) in [6, 6.07) is 13.2. The Morgan fingerprint density at radius 2 is 2.15 bits per heavy atom. The summed E-state index contributed by atoms with van der Waals surface area (Å²) in [6.45, 7) is 1.90. The maximum absolute atomic E-state index is 13.1. The van der Waals surface area contributed by atoms with Gasteiger partial charge in [-0.2, -0.15) is 0 Å². The van der Waals surface area contributed by atoms with Crippen LogP contribution >= 0.6 is 11.6 Å². The molecule has 2 heterocycles. The number of carbonyl (C=O) groups is 1. The van der Waals surface area contributed by atoms with Crippen molar-refractivity contribution in [2.75, 3.05) is 26.7 Å². The molecule has 1 aliphatic rings. The van der Waals surface area contributed by atoms with E-state index in [1.807, 2.05) is 47.4 Å². The zero-order valence-corrected chi connectivity index (χ0v) is 15.1. The minimum absolute atomic E-state index is 0.00843. The maximum Gasteiger partial charge on any atom is 0.257 e. The number of carbonyl (C=O) groups excluding carboxylic acids is 1. The van der Waals surface area contributed by atoms with Crippen LogP contribution in [0.4, 0.5) is 0 Å². The first-order valence-corrected chi connectivity index (χ1v) is 8.87. The molecule has 4 rings (SSSR count). The number of halogens is 1. The van der Waals surface area contributed by atoms with Crippen LogP contribution < -0.4 is 10.1 Å². The third-order valence-corrected chi connectivity index (χ3v) is 5.10. The third-order valence-electron chi connectivity index (χ3n) is 4.75. The highest BCUT2D eigenvalue weighted by molar-refractivity contribution is 6.31. The Balaban J connectivity index is 1.61. The van der Waals surface area contributed by atoms with E-state index in [1.165, 1.54) is 6.26 Å². The molecule has 1 atom stereocenters. The van der Waals surface area contributed by atoms with Gasteiger partial charge in [-0.3, -0.25) is 4.79 Å². The number of fused-ring (bicyclic) bond motifs is 1. The fourth-order valence-corrected chi connectivity index (χ4v) is 3.64. The van der Waals surface area contributed by atoms with E-state index < -0.39 is 0 Å². The van der Waals surface area contributed by atoms with Crippen LogP contribution in [0, 0.1) is 0 Å². The lowest BCUT2D eigenvalue weighted by Crippen LogP contribution is -2.48. The second kappa shape index (κ2) is 7.02. The zero-order chi connectivity index (χ0) is 18.1. The quantitative estimate of drug-likeness (QED) is 0.760. The van der Waals surface area contributed by atoms with E-state index in [-0.39, 0.29) is 11.9 Å². The minimum atomic E-state index is -0.0458. The highest BCUT2D eigenvalue weighted by atomic mass is 35.5. The molecule has 1 aromatic heterocycles. The summed E-state index contributed by atoms with van der Waals surface area (Å²) in [5.74, 6) is 0.651. The Kier molecular flexibility index (Phi) is 4.57. The summed E-state index contributed by atoms with van der Waals surface area (Å²) in [4.78, 5) is 14.9. The predicted molar refractivity (Wildman–Crippen MR) is 101 cm³/mol. The molecule has 1 N–H and O–H groups in total. The number of nitrogens with zero attached hydrogens (tertiary/aromatic N) is 1. The van der Waals surface area contributed by atoms with Gasteiger partial charge in [-0.05, 0) is 29.8 Å². The first kappa shape index (κ1) is 16.9. The Morgan fingerprint density at radius 3 is 2.96 bits per heavy atom. The number of amides is 1. The van der Waals surface area contributed by atoms with Crippen molar-refractivity contribution in [3.05, 3.63) is 64.9 Å². The summed E-state index contributed by atoms with van der Waals surface area (Å²) in [5, 5.41) is 4.91. The maximum atomic E-state index is 13.1. The van der Waals surface area contributed by atoms with Gasteiger partial charge in [0.15, 0.2) is 0 Å². The Labute approximate surface area is 156 Å².